The molecule has 0 spiro atoms. The average molecular weight is 274 g/mol. The highest BCUT2D eigenvalue weighted by Crippen LogP contribution is 2.21. The van der Waals surface area contributed by atoms with Crippen molar-refractivity contribution in [3.63, 3.8) is 0 Å². The maximum Gasteiger partial charge on any atom is 0.212 e. The van der Waals surface area contributed by atoms with Gasteiger partial charge >= 0.3 is 0 Å². The summed E-state index contributed by atoms with van der Waals surface area (Å²) in [5, 5.41) is 12.8. The SMILES string of the molecule is COc1ccc(CNc2cc(Cl)ccc2C#N)cn1. The Morgan fingerprint density at radius 1 is 1.37 bits per heavy atom. The minimum absolute atomic E-state index is 0.561. The fraction of sp³-hybridized carbons (Fsp3) is 0.143. The zero-order valence-electron chi connectivity index (χ0n) is 10.4. The fourth-order valence-corrected chi connectivity index (χ4v) is 1.77. The molecule has 0 radical (unpaired) electrons. The van der Waals surface area contributed by atoms with Crippen molar-refractivity contribution in [3.05, 3.63) is 52.7 Å². The third-order valence-corrected chi connectivity index (χ3v) is 2.83. The molecule has 0 bridgehead atoms. The van der Waals surface area contributed by atoms with Crippen LogP contribution in [0.5, 0.6) is 5.88 Å². The lowest BCUT2D eigenvalue weighted by molar-refractivity contribution is 0.397. The lowest BCUT2D eigenvalue weighted by atomic mass is 10.2. The second-order valence-electron chi connectivity index (χ2n) is 3.86. The molecule has 0 unspecified atom stereocenters. The van der Waals surface area contributed by atoms with Gasteiger partial charge in [-0.1, -0.05) is 17.7 Å². The molecule has 96 valence electrons. The number of hydrogen-bond donors (Lipinski definition) is 1. The van der Waals surface area contributed by atoms with E-state index in [0.717, 1.165) is 5.56 Å². The minimum Gasteiger partial charge on any atom is -0.481 e. The van der Waals surface area contributed by atoms with E-state index in [9.17, 15) is 0 Å². The molecule has 0 aliphatic carbocycles. The molecule has 1 aromatic carbocycles. The molecule has 0 fully saturated rings. The van der Waals surface area contributed by atoms with E-state index in [1.54, 1.807) is 37.6 Å². The number of aromatic nitrogens is 1. The Morgan fingerprint density at radius 3 is 2.84 bits per heavy atom. The van der Waals surface area contributed by atoms with Crippen LogP contribution in [0.2, 0.25) is 5.02 Å². The molecule has 1 heterocycles. The van der Waals surface area contributed by atoms with Gasteiger partial charge in [0.1, 0.15) is 6.07 Å². The molecule has 19 heavy (non-hydrogen) atoms. The third kappa shape index (κ3) is 3.36. The van der Waals surface area contributed by atoms with Gasteiger partial charge in [-0.05, 0) is 23.8 Å². The molecule has 1 aromatic heterocycles. The second kappa shape index (κ2) is 6.07. The first-order valence-electron chi connectivity index (χ1n) is 5.65. The molecule has 0 saturated carbocycles. The van der Waals surface area contributed by atoms with Crippen molar-refractivity contribution in [3.8, 4) is 11.9 Å². The first kappa shape index (κ1) is 13.2. The number of anilines is 1. The van der Waals surface area contributed by atoms with E-state index in [1.807, 2.05) is 6.07 Å². The molecule has 2 rings (SSSR count). The summed E-state index contributed by atoms with van der Waals surface area (Å²) in [6.07, 6.45) is 1.72. The lowest BCUT2D eigenvalue weighted by Gasteiger charge is -2.09. The number of ether oxygens (including phenoxy) is 1. The molecule has 5 heteroatoms. The van der Waals surface area contributed by atoms with Crippen molar-refractivity contribution in [2.75, 3.05) is 12.4 Å². The number of halogens is 1. The van der Waals surface area contributed by atoms with Crippen LogP contribution in [0.25, 0.3) is 0 Å². The Kier molecular flexibility index (Phi) is 4.22. The lowest BCUT2D eigenvalue weighted by Crippen LogP contribution is -2.02. The monoisotopic (exact) mass is 273 g/mol. The van der Waals surface area contributed by atoms with Crippen LogP contribution in [0.1, 0.15) is 11.1 Å². The van der Waals surface area contributed by atoms with Gasteiger partial charge in [-0.2, -0.15) is 5.26 Å². The number of benzene rings is 1. The summed E-state index contributed by atoms with van der Waals surface area (Å²) in [4.78, 5) is 4.12. The maximum absolute atomic E-state index is 9.01. The zero-order chi connectivity index (χ0) is 13.7. The summed E-state index contributed by atoms with van der Waals surface area (Å²) in [5.41, 5.74) is 2.27. The van der Waals surface area contributed by atoms with Crippen molar-refractivity contribution in [2.45, 2.75) is 6.54 Å². The summed E-state index contributed by atoms with van der Waals surface area (Å²) in [5.74, 6) is 0.573. The van der Waals surface area contributed by atoms with E-state index < -0.39 is 0 Å². The van der Waals surface area contributed by atoms with Crippen LogP contribution in [-0.4, -0.2) is 12.1 Å². The van der Waals surface area contributed by atoms with Crippen molar-refractivity contribution in [1.29, 1.82) is 5.26 Å². The van der Waals surface area contributed by atoms with Crippen LogP contribution in [0, 0.1) is 11.3 Å². The predicted molar refractivity (Wildman–Crippen MR) is 74.3 cm³/mol. The molecule has 0 aliphatic heterocycles. The van der Waals surface area contributed by atoms with Crippen molar-refractivity contribution < 1.29 is 4.74 Å². The number of rotatable bonds is 4. The summed E-state index contributed by atoms with van der Waals surface area (Å²) in [7, 11) is 1.57. The summed E-state index contributed by atoms with van der Waals surface area (Å²) < 4.78 is 4.99. The van der Waals surface area contributed by atoms with Gasteiger partial charge in [-0.25, -0.2) is 4.98 Å². The van der Waals surface area contributed by atoms with E-state index in [-0.39, 0.29) is 0 Å². The molecular formula is C14H12ClN3O. The van der Waals surface area contributed by atoms with Crippen LogP contribution in [-0.2, 0) is 6.54 Å². The number of hydrogen-bond acceptors (Lipinski definition) is 4. The highest BCUT2D eigenvalue weighted by molar-refractivity contribution is 6.30. The number of nitrogens with zero attached hydrogens (tertiary/aromatic N) is 2. The number of nitriles is 1. The van der Waals surface area contributed by atoms with Crippen molar-refractivity contribution in [2.24, 2.45) is 0 Å². The second-order valence-corrected chi connectivity index (χ2v) is 4.30. The summed E-state index contributed by atoms with van der Waals surface area (Å²) in [6, 6.07) is 10.9. The van der Waals surface area contributed by atoms with Gasteiger partial charge in [0.2, 0.25) is 5.88 Å². The highest BCUT2D eigenvalue weighted by atomic mass is 35.5. The Hall–Kier alpha value is -2.25. The van der Waals surface area contributed by atoms with Crippen LogP contribution in [0.3, 0.4) is 0 Å². The quantitative estimate of drug-likeness (QED) is 0.929. The van der Waals surface area contributed by atoms with Crippen molar-refractivity contribution in [1.82, 2.24) is 4.98 Å². The molecule has 0 aliphatic rings. The molecule has 2 aromatic rings. The van der Waals surface area contributed by atoms with Gasteiger partial charge in [0.05, 0.1) is 18.4 Å². The number of pyridine rings is 1. The van der Waals surface area contributed by atoms with Gasteiger partial charge in [-0.3, -0.25) is 0 Å². The fourth-order valence-electron chi connectivity index (χ4n) is 1.59. The van der Waals surface area contributed by atoms with Gasteiger partial charge in [0.15, 0.2) is 0 Å². The average Bonchev–Trinajstić information content (AvgIpc) is 2.46. The maximum atomic E-state index is 9.01. The highest BCUT2D eigenvalue weighted by Gasteiger charge is 2.03. The predicted octanol–water partition coefficient (Wildman–Crippen LogP) is 3.23. The van der Waals surface area contributed by atoms with Crippen molar-refractivity contribution >= 4 is 17.3 Å². The van der Waals surface area contributed by atoms with E-state index >= 15 is 0 Å². The Bertz CT molecular complexity index is 605. The number of methoxy groups -OCH3 is 1. The van der Waals surface area contributed by atoms with Crippen LogP contribution in [0.4, 0.5) is 5.69 Å². The van der Waals surface area contributed by atoms with Gasteiger partial charge in [-0.15, -0.1) is 0 Å². The van der Waals surface area contributed by atoms with Crippen LogP contribution in [0.15, 0.2) is 36.5 Å². The summed E-state index contributed by atoms with van der Waals surface area (Å²) in [6.45, 7) is 0.562. The van der Waals surface area contributed by atoms with Gasteiger partial charge in [0.25, 0.3) is 0 Å². The molecule has 0 atom stereocenters. The largest absolute Gasteiger partial charge is 0.481 e. The zero-order valence-corrected chi connectivity index (χ0v) is 11.1. The Labute approximate surface area is 116 Å². The first-order chi connectivity index (χ1) is 9.22. The topological polar surface area (TPSA) is 57.9 Å². The molecular weight excluding hydrogens is 262 g/mol. The smallest absolute Gasteiger partial charge is 0.212 e. The van der Waals surface area contributed by atoms with E-state index in [0.29, 0.717) is 28.7 Å². The molecule has 0 amide bonds. The Balaban J connectivity index is 2.09. The first-order valence-corrected chi connectivity index (χ1v) is 6.03. The normalized spacial score (nSPS) is 9.74. The summed E-state index contributed by atoms with van der Waals surface area (Å²) >= 11 is 5.92. The van der Waals surface area contributed by atoms with E-state index in [2.05, 4.69) is 16.4 Å². The number of nitrogens with one attached hydrogen (secondary N) is 1. The molecule has 0 saturated heterocycles. The van der Waals surface area contributed by atoms with E-state index in [1.165, 1.54) is 0 Å². The Morgan fingerprint density at radius 2 is 2.21 bits per heavy atom. The minimum atomic E-state index is 0.561. The van der Waals surface area contributed by atoms with Gasteiger partial charge in [0, 0.05) is 23.8 Å². The van der Waals surface area contributed by atoms with Gasteiger partial charge < -0.3 is 10.1 Å². The third-order valence-electron chi connectivity index (χ3n) is 2.59. The van der Waals surface area contributed by atoms with E-state index in [4.69, 9.17) is 21.6 Å². The standard InChI is InChI=1S/C14H12ClN3O/c1-19-14-5-2-10(9-18-14)8-17-13-6-12(15)4-3-11(13)7-16/h2-6,9,17H,8H2,1H3. The van der Waals surface area contributed by atoms with Crippen LogP contribution >= 0.6 is 11.6 Å². The molecule has 4 nitrogen and oxygen atoms in total. The molecule has 1 N–H and O–H groups in total. The van der Waals surface area contributed by atoms with Crippen LogP contribution < -0.4 is 10.1 Å².